The number of benzene rings is 3. The molecule has 5 nitrogen and oxygen atoms in total. The number of thioether (sulfide) groups is 1. The standard InChI is InChI=1S/C23H17F3N4OS/c24-23(25,26)17-10-7-13-19(14-17)30-21(16-8-3-1-4-9-16)28-29-22(30)32-15-20(31)27-18-11-5-2-6-12-18/h1-14H,15H2,(H,27,31). The van der Waals surface area contributed by atoms with Gasteiger partial charge in [-0.1, -0.05) is 66.4 Å². The highest BCUT2D eigenvalue weighted by molar-refractivity contribution is 7.99. The van der Waals surface area contributed by atoms with Gasteiger partial charge in [0, 0.05) is 11.3 Å². The largest absolute Gasteiger partial charge is 0.416 e. The van der Waals surface area contributed by atoms with Crippen molar-refractivity contribution in [2.75, 3.05) is 11.1 Å². The Kier molecular flexibility index (Phi) is 6.27. The maximum atomic E-state index is 13.3. The van der Waals surface area contributed by atoms with Gasteiger partial charge in [-0.2, -0.15) is 13.2 Å². The molecule has 0 aliphatic carbocycles. The summed E-state index contributed by atoms with van der Waals surface area (Å²) in [6.45, 7) is 0. The van der Waals surface area contributed by atoms with Gasteiger partial charge in [-0.3, -0.25) is 9.36 Å². The normalized spacial score (nSPS) is 11.3. The molecule has 0 aliphatic heterocycles. The summed E-state index contributed by atoms with van der Waals surface area (Å²) < 4.78 is 41.4. The lowest BCUT2D eigenvalue weighted by Crippen LogP contribution is -2.14. The second-order valence-corrected chi connectivity index (χ2v) is 7.70. The molecule has 9 heteroatoms. The Morgan fingerprint density at radius 1 is 0.906 bits per heavy atom. The molecule has 0 aliphatic rings. The van der Waals surface area contributed by atoms with Gasteiger partial charge >= 0.3 is 6.18 Å². The number of nitrogens with zero attached hydrogens (tertiary/aromatic N) is 3. The van der Waals surface area contributed by atoms with Crippen LogP contribution >= 0.6 is 11.8 Å². The molecule has 4 aromatic rings. The number of para-hydroxylation sites is 1. The Bertz CT molecular complexity index is 1210. The van der Waals surface area contributed by atoms with Crippen LogP contribution in [0.25, 0.3) is 17.1 Å². The van der Waals surface area contributed by atoms with Crippen molar-refractivity contribution in [1.82, 2.24) is 14.8 Å². The minimum absolute atomic E-state index is 0.0147. The molecule has 1 N–H and O–H groups in total. The minimum atomic E-state index is -4.49. The molecule has 0 radical (unpaired) electrons. The van der Waals surface area contributed by atoms with Crippen LogP contribution in [0.1, 0.15) is 5.56 Å². The van der Waals surface area contributed by atoms with Crippen LogP contribution in [0.5, 0.6) is 0 Å². The zero-order valence-electron chi connectivity index (χ0n) is 16.6. The molecule has 0 bridgehead atoms. The van der Waals surface area contributed by atoms with Gasteiger partial charge in [-0.25, -0.2) is 0 Å². The van der Waals surface area contributed by atoms with Crippen molar-refractivity contribution in [3.05, 3.63) is 90.5 Å². The number of carbonyl (C=O) groups excluding carboxylic acids is 1. The second-order valence-electron chi connectivity index (χ2n) is 6.76. The van der Waals surface area contributed by atoms with E-state index in [0.29, 0.717) is 22.2 Å². The smallest absolute Gasteiger partial charge is 0.325 e. The Hall–Kier alpha value is -3.59. The minimum Gasteiger partial charge on any atom is -0.325 e. The van der Waals surface area contributed by atoms with Gasteiger partial charge in [0.1, 0.15) is 0 Å². The van der Waals surface area contributed by atoms with Gasteiger partial charge in [-0.05, 0) is 30.3 Å². The number of hydrogen-bond acceptors (Lipinski definition) is 4. The SMILES string of the molecule is O=C(CSc1nnc(-c2ccccc2)n1-c1cccc(C(F)(F)F)c1)Nc1ccccc1. The molecule has 0 saturated heterocycles. The van der Waals surface area contributed by atoms with E-state index in [1.54, 1.807) is 54.6 Å². The zero-order chi connectivity index (χ0) is 22.6. The third-order valence-electron chi connectivity index (χ3n) is 4.49. The van der Waals surface area contributed by atoms with Crippen molar-refractivity contribution in [3.63, 3.8) is 0 Å². The highest BCUT2D eigenvalue weighted by Gasteiger charge is 2.31. The Morgan fingerprint density at radius 2 is 1.59 bits per heavy atom. The number of hydrogen-bond donors (Lipinski definition) is 1. The van der Waals surface area contributed by atoms with E-state index < -0.39 is 11.7 Å². The maximum Gasteiger partial charge on any atom is 0.416 e. The van der Waals surface area contributed by atoms with Crippen LogP contribution in [0, 0.1) is 0 Å². The summed E-state index contributed by atoms with van der Waals surface area (Å²) in [5.74, 6) is 0.137. The quantitative estimate of drug-likeness (QED) is 0.381. The van der Waals surface area contributed by atoms with E-state index in [4.69, 9.17) is 0 Å². The molecule has 1 heterocycles. The highest BCUT2D eigenvalue weighted by Crippen LogP contribution is 2.33. The third-order valence-corrected chi connectivity index (χ3v) is 5.42. The number of halogens is 3. The maximum absolute atomic E-state index is 13.3. The number of alkyl halides is 3. The first-order valence-corrected chi connectivity index (χ1v) is 10.6. The number of carbonyl (C=O) groups is 1. The molecular weight excluding hydrogens is 437 g/mol. The van der Waals surface area contributed by atoms with Crippen LogP contribution < -0.4 is 5.32 Å². The number of rotatable bonds is 6. The molecule has 4 rings (SSSR count). The third kappa shape index (κ3) is 5.00. The van der Waals surface area contributed by atoms with E-state index in [1.807, 2.05) is 12.1 Å². The van der Waals surface area contributed by atoms with Gasteiger partial charge in [0.05, 0.1) is 17.0 Å². The summed E-state index contributed by atoms with van der Waals surface area (Å²) in [5, 5.41) is 11.4. The first-order valence-electron chi connectivity index (χ1n) is 9.58. The van der Waals surface area contributed by atoms with E-state index in [9.17, 15) is 18.0 Å². The number of anilines is 1. The van der Waals surface area contributed by atoms with Gasteiger partial charge in [0.25, 0.3) is 0 Å². The summed E-state index contributed by atoms with van der Waals surface area (Å²) in [4.78, 5) is 12.4. The molecule has 0 atom stereocenters. The molecule has 0 saturated carbocycles. The summed E-state index contributed by atoms with van der Waals surface area (Å²) in [6.07, 6.45) is -4.49. The second kappa shape index (κ2) is 9.27. The highest BCUT2D eigenvalue weighted by atomic mass is 32.2. The van der Waals surface area contributed by atoms with E-state index >= 15 is 0 Å². The summed E-state index contributed by atoms with van der Waals surface area (Å²) in [7, 11) is 0. The Morgan fingerprint density at radius 3 is 2.28 bits per heavy atom. The fourth-order valence-electron chi connectivity index (χ4n) is 3.04. The molecule has 0 spiro atoms. The summed E-state index contributed by atoms with van der Waals surface area (Å²) in [5.41, 5.74) is 0.829. The molecule has 3 aromatic carbocycles. The fourth-order valence-corrected chi connectivity index (χ4v) is 3.79. The van der Waals surface area contributed by atoms with Crippen molar-refractivity contribution >= 4 is 23.4 Å². The lowest BCUT2D eigenvalue weighted by molar-refractivity contribution is -0.137. The van der Waals surface area contributed by atoms with Crippen molar-refractivity contribution in [3.8, 4) is 17.1 Å². The fraction of sp³-hybridized carbons (Fsp3) is 0.0870. The number of nitrogens with one attached hydrogen (secondary N) is 1. The lowest BCUT2D eigenvalue weighted by atomic mass is 10.1. The van der Waals surface area contributed by atoms with Crippen molar-refractivity contribution in [1.29, 1.82) is 0 Å². The summed E-state index contributed by atoms with van der Waals surface area (Å²) >= 11 is 1.09. The van der Waals surface area contributed by atoms with Crippen LogP contribution in [0.2, 0.25) is 0 Å². The van der Waals surface area contributed by atoms with Gasteiger partial charge in [-0.15, -0.1) is 10.2 Å². The Labute approximate surface area is 186 Å². The zero-order valence-corrected chi connectivity index (χ0v) is 17.4. The molecule has 162 valence electrons. The monoisotopic (exact) mass is 454 g/mol. The molecule has 0 fully saturated rings. The van der Waals surface area contributed by atoms with Crippen LogP contribution in [0.4, 0.5) is 18.9 Å². The van der Waals surface area contributed by atoms with Crippen LogP contribution in [0.3, 0.4) is 0 Å². The lowest BCUT2D eigenvalue weighted by Gasteiger charge is -2.13. The van der Waals surface area contributed by atoms with Gasteiger partial charge in [0.15, 0.2) is 11.0 Å². The number of amides is 1. The number of aromatic nitrogens is 3. The predicted molar refractivity (Wildman–Crippen MR) is 118 cm³/mol. The average molecular weight is 454 g/mol. The first-order chi connectivity index (χ1) is 15.4. The van der Waals surface area contributed by atoms with E-state index in [-0.39, 0.29) is 17.3 Å². The van der Waals surface area contributed by atoms with Crippen molar-refractivity contribution in [2.24, 2.45) is 0 Å². The predicted octanol–water partition coefficient (Wildman–Crippen LogP) is 5.68. The van der Waals surface area contributed by atoms with Crippen LogP contribution in [-0.2, 0) is 11.0 Å². The van der Waals surface area contributed by atoms with Crippen LogP contribution in [-0.4, -0.2) is 26.4 Å². The average Bonchev–Trinajstić information content (AvgIpc) is 3.22. The van der Waals surface area contributed by atoms with E-state index in [2.05, 4.69) is 15.5 Å². The first kappa shape index (κ1) is 21.6. The molecular formula is C23H17F3N4OS. The van der Waals surface area contributed by atoms with Gasteiger partial charge in [0.2, 0.25) is 5.91 Å². The molecule has 32 heavy (non-hydrogen) atoms. The summed E-state index contributed by atoms with van der Waals surface area (Å²) in [6, 6.07) is 23.0. The molecule has 0 unspecified atom stereocenters. The van der Waals surface area contributed by atoms with E-state index in [1.165, 1.54) is 10.6 Å². The van der Waals surface area contributed by atoms with Gasteiger partial charge < -0.3 is 5.32 Å². The molecule has 1 aromatic heterocycles. The topological polar surface area (TPSA) is 59.8 Å². The van der Waals surface area contributed by atoms with E-state index in [0.717, 1.165) is 23.9 Å². The Balaban J connectivity index is 1.66. The molecule has 1 amide bonds. The van der Waals surface area contributed by atoms with Crippen molar-refractivity contribution in [2.45, 2.75) is 11.3 Å². The van der Waals surface area contributed by atoms with Crippen LogP contribution in [0.15, 0.2) is 90.1 Å². The van der Waals surface area contributed by atoms with Crippen molar-refractivity contribution < 1.29 is 18.0 Å².